The zero-order valence-electron chi connectivity index (χ0n) is 45.1. The maximum Gasteiger partial charge on any atom is 0.306 e. The highest BCUT2D eigenvalue weighted by molar-refractivity contribution is 5.71. The number of esters is 3. The summed E-state index contributed by atoms with van der Waals surface area (Å²) < 4.78 is 16.9. The van der Waals surface area contributed by atoms with Crippen LogP contribution in [0, 0.1) is 0 Å². The standard InChI is InChI=1S/C62H110O6/c1-4-7-10-13-16-19-22-25-28-30-31-32-35-37-40-43-46-49-52-55-61(64)67-58-59(57-66-60(63)54-51-48-45-42-39-36-33-27-24-21-18-15-12-9-6-3)68-62(65)56-53-50-47-44-41-38-34-29-26-23-20-17-14-11-8-5-2/h7,10,16,19,25,28,31-32,37,40,59H,4-6,8-9,11-15,17-18,20-24,26-27,29-30,33-36,38-39,41-58H2,1-3H3/b10-7-,19-16-,28-25-,32-31-,40-37-/t59-/m1/s1. The first-order valence-electron chi connectivity index (χ1n) is 29.3. The predicted molar refractivity (Wildman–Crippen MR) is 293 cm³/mol. The van der Waals surface area contributed by atoms with E-state index in [0.717, 1.165) is 96.3 Å². The summed E-state index contributed by atoms with van der Waals surface area (Å²) in [7, 11) is 0. The third-order valence-electron chi connectivity index (χ3n) is 12.8. The monoisotopic (exact) mass is 951 g/mol. The molecule has 6 heteroatoms. The van der Waals surface area contributed by atoms with Crippen LogP contribution in [0.5, 0.6) is 0 Å². The van der Waals surface area contributed by atoms with Gasteiger partial charge in [-0.1, -0.05) is 274 Å². The Morgan fingerprint density at radius 2 is 0.574 bits per heavy atom. The van der Waals surface area contributed by atoms with Crippen molar-refractivity contribution in [3.8, 4) is 0 Å². The van der Waals surface area contributed by atoms with Crippen molar-refractivity contribution < 1.29 is 28.6 Å². The van der Waals surface area contributed by atoms with E-state index in [9.17, 15) is 14.4 Å². The minimum Gasteiger partial charge on any atom is -0.462 e. The van der Waals surface area contributed by atoms with E-state index in [2.05, 4.69) is 81.5 Å². The molecule has 0 aliphatic heterocycles. The maximum absolute atomic E-state index is 12.9. The summed E-state index contributed by atoms with van der Waals surface area (Å²) in [5.41, 5.74) is 0. The van der Waals surface area contributed by atoms with Crippen molar-refractivity contribution in [2.75, 3.05) is 13.2 Å². The molecule has 0 spiro atoms. The lowest BCUT2D eigenvalue weighted by Crippen LogP contribution is -2.30. The van der Waals surface area contributed by atoms with Crippen LogP contribution in [0.25, 0.3) is 0 Å². The first kappa shape index (κ1) is 65.1. The predicted octanol–water partition coefficient (Wildman–Crippen LogP) is 19.6. The van der Waals surface area contributed by atoms with E-state index in [4.69, 9.17) is 14.2 Å². The average Bonchev–Trinajstić information content (AvgIpc) is 3.34. The highest BCUT2D eigenvalue weighted by Crippen LogP contribution is 2.17. The van der Waals surface area contributed by atoms with Crippen LogP contribution in [0.15, 0.2) is 60.8 Å². The highest BCUT2D eigenvalue weighted by Gasteiger charge is 2.19. The van der Waals surface area contributed by atoms with Crippen LogP contribution >= 0.6 is 0 Å². The molecule has 0 heterocycles. The Kier molecular flexibility index (Phi) is 54.3. The van der Waals surface area contributed by atoms with Gasteiger partial charge >= 0.3 is 17.9 Å². The fourth-order valence-electron chi connectivity index (χ4n) is 8.41. The number of allylic oxidation sites excluding steroid dienone is 10. The zero-order valence-corrected chi connectivity index (χ0v) is 45.1. The molecule has 0 fully saturated rings. The molecule has 0 radical (unpaired) electrons. The van der Waals surface area contributed by atoms with E-state index < -0.39 is 6.10 Å². The summed E-state index contributed by atoms with van der Waals surface area (Å²) in [6.07, 6.45) is 70.7. The molecule has 0 aromatic heterocycles. The normalized spacial score (nSPS) is 12.5. The Labute approximate surface area is 421 Å². The highest BCUT2D eigenvalue weighted by atomic mass is 16.6. The molecule has 0 N–H and O–H groups in total. The van der Waals surface area contributed by atoms with Crippen LogP contribution in [-0.2, 0) is 28.6 Å². The lowest BCUT2D eigenvalue weighted by molar-refractivity contribution is -0.167. The van der Waals surface area contributed by atoms with Crippen molar-refractivity contribution in [1.82, 2.24) is 0 Å². The molecular formula is C62H110O6. The van der Waals surface area contributed by atoms with Gasteiger partial charge in [-0.05, 0) is 64.2 Å². The first-order valence-corrected chi connectivity index (χ1v) is 29.3. The molecule has 0 amide bonds. The SMILES string of the molecule is CC/C=C\C/C=C\C/C=C\C/C=C\C/C=C\CCCCCC(=O)OC[C@@H](COC(=O)CCCCCCCCCCCCCCCCC)OC(=O)CCCCCCCCCCCCCCCCCC. The number of unbranched alkanes of at least 4 members (excludes halogenated alkanes) is 32. The molecule has 0 aliphatic rings. The van der Waals surface area contributed by atoms with Gasteiger partial charge in [0.2, 0.25) is 0 Å². The number of carbonyl (C=O) groups is 3. The summed E-state index contributed by atoms with van der Waals surface area (Å²) >= 11 is 0. The number of hydrogen-bond donors (Lipinski definition) is 0. The molecule has 0 aromatic carbocycles. The van der Waals surface area contributed by atoms with Gasteiger partial charge in [-0.25, -0.2) is 0 Å². The number of carbonyl (C=O) groups excluding carboxylic acids is 3. The second kappa shape index (κ2) is 56.7. The molecule has 0 rings (SSSR count). The van der Waals surface area contributed by atoms with E-state index >= 15 is 0 Å². The zero-order chi connectivity index (χ0) is 49.3. The topological polar surface area (TPSA) is 78.9 Å². The molecule has 0 unspecified atom stereocenters. The van der Waals surface area contributed by atoms with Crippen LogP contribution in [0.2, 0.25) is 0 Å². The molecule has 0 saturated heterocycles. The van der Waals surface area contributed by atoms with Crippen molar-refractivity contribution in [2.45, 2.75) is 303 Å². The van der Waals surface area contributed by atoms with Crippen molar-refractivity contribution >= 4 is 17.9 Å². The van der Waals surface area contributed by atoms with Gasteiger partial charge in [0, 0.05) is 19.3 Å². The van der Waals surface area contributed by atoms with Gasteiger partial charge < -0.3 is 14.2 Å². The lowest BCUT2D eigenvalue weighted by Gasteiger charge is -2.18. The van der Waals surface area contributed by atoms with E-state index in [1.54, 1.807) is 0 Å². The minimum atomic E-state index is -0.784. The molecule has 0 saturated carbocycles. The number of rotatable bonds is 53. The molecule has 394 valence electrons. The average molecular weight is 952 g/mol. The third kappa shape index (κ3) is 54.1. The van der Waals surface area contributed by atoms with E-state index in [-0.39, 0.29) is 31.1 Å². The Hall–Kier alpha value is -2.89. The minimum absolute atomic E-state index is 0.0806. The Morgan fingerprint density at radius 3 is 0.897 bits per heavy atom. The van der Waals surface area contributed by atoms with Gasteiger partial charge in [0.25, 0.3) is 0 Å². The number of ether oxygens (including phenoxy) is 3. The van der Waals surface area contributed by atoms with Gasteiger partial charge in [0.05, 0.1) is 0 Å². The van der Waals surface area contributed by atoms with Crippen LogP contribution in [-0.4, -0.2) is 37.2 Å². The Morgan fingerprint density at radius 1 is 0.309 bits per heavy atom. The van der Waals surface area contributed by atoms with Crippen LogP contribution in [0.1, 0.15) is 297 Å². The Balaban J connectivity index is 4.41. The second-order valence-electron chi connectivity index (χ2n) is 19.5. The van der Waals surface area contributed by atoms with Crippen molar-refractivity contribution in [2.24, 2.45) is 0 Å². The fraction of sp³-hybridized carbons (Fsp3) is 0.790. The smallest absolute Gasteiger partial charge is 0.306 e. The molecule has 1 atom stereocenters. The van der Waals surface area contributed by atoms with Crippen molar-refractivity contribution in [1.29, 1.82) is 0 Å². The molecule has 0 bridgehead atoms. The van der Waals surface area contributed by atoms with Gasteiger partial charge in [-0.15, -0.1) is 0 Å². The van der Waals surface area contributed by atoms with Crippen molar-refractivity contribution in [3.05, 3.63) is 60.8 Å². The van der Waals surface area contributed by atoms with Gasteiger partial charge in [0.15, 0.2) is 6.10 Å². The van der Waals surface area contributed by atoms with Crippen LogP contribution in [0.4, 0.5) is 0 Å². The van der Waals surface area contributed by atoms with Gasteiger partial charge in [0.1, 0.15) is 13.2 Å². The fourth-order valence-corrected chi connectivity index (χ4v) is 8.41. The number of hydrogen-bond acceptors (Lipinski definition) is 6. The first-order chi connectivity index (χ1) is 33.5. The molecule has 0 aliphatic carbocycles. The Bertz CT molecular complexity index is 1230. The quantitative estimate of drug-likeness (QED) is 0.0262. The summed E-state index contributed by atoms with van der Waals surface area (Å²) in [6.45, 7) is 6.54. The molecule has 68 heavy (non-hydrogen) atoms. The largest absolute Gasteiger partial charge is 0.462 e. The van der Waals surface area contributed by atoms with E-state index in [1.807, 2.05) is 0 Å². The summed E-state index contributed by atoms with van der Waals surface area (Å²) in [6, 6.07) is 0. The molecular weight excluding hydrogens is 841 g/mol. The summed E-state index contributed by atoms with van der Waals surface area (Å²) in [4.78, 5) is 38.2. The van der Waals surface area contributed by atoms with E-state index in [0.29, 0.717) is 19.3 Å². The van der Waals surface area contributed by atoms with Crippen molar-refractivity contribution in [3.63, 3.8) is 0 Å². The lowest BCUT2D eigenvalue weighted by atomic mass is 10.0. The van der Waals surface area contributed by atoms with Gasteiger partial charge in [-0.3, -0.25) is 14.4 Å². The molecule has 6 nitrogen and oxygen atoms in total. The summed E-state index contributed by atoms with van der Waals surface area (Å²) in [5, 5.41) is 0. The van der Waals surface area contributed by atoms with E-state index in [1.165, 1.54) is 161 Å². The molecule has 0 aromatic rings. The maximum atomic E-state index is 12.9. The third-order valence-corrected chi connectivity index (χ3v) is 12.8. The second-order valence-corrected chi connectivity index (χ2v) is 19.5. The van der Waals surface area contributed by atoms with Crippen LogP contribution < -0.4 is 0 Å². The van der Waals surface area contributed by atoms with Gasteiger partial charge in [-0.2, -0.15) is 0 Å². The van der Waals surface area contributed by atoms with Crippen LogP contribution in [0.3, 0.4) is 0 Å². The summed E-state index contributed by atoms with van der Waals surface area (Å²) in [5.74, 6) is -0.898.